The Bertz CT molecular complexity index is 1650. The lowest BCUT2D eigenvalue weighted by atomic mass is 9.96. The topological polar surface area (TPSA) is 165 Å². The first-order valence-corrected chi connectivity index (χ1v) is 19.2. The molecule has 3 rings (SSSR count). The molecule has 0 fully saturated rings. The molecule has 1 heterocycles. The number of aromatic nitrogens is 1. The average molecular weight is 729 g/mol. The van der Waals surface area contributed by atoms with E-state index in [9.17, 15) is 23.1 Å². The van der Waals surface area contributed by atoms with E-state index in [2.05, 4.69) is 34.6 Å². The summed E-state index contributed by atoms with van der Waals surface area (Å²) in [6.07, 6.45) is 0.714. The Hall–Kier alpha value is -3.85. The Kier molecular flexibility index (Phi) is 15.4. The van der Waals surface area contributed by atoms with Crippen LogP contribution in [0.15, 0.2) is 70.0 Å². The summed E-state index contributed by atoms with van der Waals surface area (Å²) >= 11 is 1.55. The molecule has 14 heteroatoms. The second-order valence-electron chi connectivity index (χ2n) is 13.4. The molecule has 3 aromatic rings. The van der Waals surface area contributed by atoms with Crippen LogP contribution in [0.5, 0.6) is 0 Å². The van der Waals surface area contributed by atoms with E-state index in [1.807, 2.05) is 63.4 Å². The van der Waals surface area contributed by atoms with Crippen LogP contribution in [0.25, 0.3) is 0 Å². The maximum Gasteiger partial charge on any atom is 0.318 e. The number of rotatable bonds is 18. The summed E-state index contributed by atoms with van der Waals surface area (Å²) in [6, 6.07) is 13.0. The van der Waals surface area contributed by atoms with Crippen molar-refractivity contribution in [2.45, 2.75) is 89.9 Å². The number of nitrogens with one attached hydrogen (secondary N) is 2. The number of carbonyl (C=O) groups excluding carboxylic acids is 2. The van der Waals surface area contributed by atoms with Gasteiger partial charge in [-0.1, -0.05) is 95.6 Å². The van der Waals surface area contributed by atoms with E-state index < -0.39 is 40.1 Å². The number of amides is 3. The minimum absolute atomic E-state index is 0.0193. The fourth-order valence-corrected chi connectivity index (χ4v) is 7.75. The number of aliphatic hydroxyl groups is 1. The summed E-state index contributed by atoms with van der Waals surface area (Å²) in [4.78, 5) is 33.5. The molecule has 1 aromatic heterocycles. The van der Waals surface area contributed by atoms with Gasteiger partial charge in [-0.2, -0.15) is 4.31 Å². The van der Waals surface area contributed by atoms with E-state index in [0.29, 0.717) is 12.0 Å². The third kappa shape index (κ3) is 11.6. The zero-order valence-corrected chi connectivity index (χ0v) is 31.6. The number of urea groups is 1. The highest BCUT2D eigenvalue weighted by Gasteiger charge is 2.34. The van der Waals surface area contributed by atoms with E-state index in [1.165, 1.54) is 39.7 Å². The predicted octanol–water partition coefficient (Wildman–Crippen LogP) is 5.07. The number of sulfonamides is 1. The van der Waals surface area contributed by atoms with Crippen LogP contribution in [-0.4, -0.2) is 89.4 Å². The standard InChI is InChI=1S/C36H52N6O6S2/c1-8-26(6)33(40-36(45)41(7)21-29-23-49-35(38-29)25(4)5)34(44)39-31(18-27-12-10-9-11-13-27)32(43)22-42(20-24(2)3)50(47,48)30-16-14-28(15-17-30)19-37-46/h9-17,19,23-26,31-33,43,46H,8,18,20-22H2,1-7H3,(H,39,44)(H,40,45)/b37-19+/t26-,31-,32+,33-/m0/s1. The SMILES string of the molecule is CC[C@H](C)[C@H](NC(=O)N(C)Cc1csc(C(C)C)n1)C(=O)N[C@@H](Cc1ccccc1)[C@H](O)CN(CC(C)C)S(=O)(=O)c1ccc(/C=N/O)cc1. The second-order valence-corrected chi connectivity index (χ2v) is 16.2. The highest BCUT2D eigenvalue weighted by Crippen LogP contribution is 2.22. The number of nitrogens with zero attached hydrogens (tertiary/aromatic N) is 4. The number of hydrogen-bond donors (Lipinski definition) is 4. The van der Waals surface area contributed by atoms with Crippen molar-refractivity contribution in [3.8, 4) is 0 Å². The molecule has 0 aliphatic heterocycles. The lowest BCUT2D eigenvalue weighted by Crippen LogP contribution is -2.58. The van der Waals surface area contributed by atoms with Crippen molar-refractivity contribution in [1.82, 2.24) is 24.8 Å². The van der Waals surface area contributed by atoms with Crippen molar-refractivity contribution in [3.05, 3.63) is 81.8 Å². The van der Waals surface area contributed by atoms with E-state index >= 15 is 0 Å². The number of benzene rings is 2. The van der Waals surface area contributed by atoms with Gasteiger partial charge in [0.15, 0.2) is 0 Å². The van der Waals surface area contributed by atoms with Crippen LogP contribution < -0.4 is 10.6 Å². The number of hydrogen-bond acceptors (Lipinski definition) is 9. The highest BCUT2D eigenvalue weighted by atomic mass is 32.2. The van der Waals surface area contributed by atoms with Gasteiger partial charge >= 0.3 is 6.03 Å². The Labute approximate surface area is 300 Å². The molecule has 12 nitrogen and oxygen atoms in total. The number of aliphatic hydroxyl groups excluding tert-OH is 1. The fourth-order valence-electron chi connectivity index (χ4n) is 5.30. The molecule has 0 radical (unpaired) electrons. The van der Waals surface area contributed by atoms with Crippen molar-refractivity contribution >= 4 is 39.5 Å². The maximum atomic E-state index is 14.0. The van der Waals surface area contributed by atoms with Gasteiger partial charge in [-0.3, -0.25) is 4.79 Å². The van der Waals surface area contributed by atoms with E-state index in [1.54, 1.807) is 18.4 Å². The third-order valence-electron chi connectivity index (χ3n) is 8.36. The lowest BCUT2D eigenvalue weighted by Gasteiger charge is -2.33. The number of carbonyl (C=O) groups is 2. The average Bonchev–Trinajstić information content (AvgIpc) is 3.55. The normalized spacial score (nSPS) is 14.5. The summed E-state index contributed by atoms with van der Waals surface area (Å²) in [5.74, 6) is -0.507. The van der Waals surface area contributed by atoms with E-state index in [0.717, 1.165) is 16.3 Å². The Morgan fingerprint density at radius 2 is 1.66 bits per heavy atom. The molecule has 50 heavy (non-hydrogen) atoms. The summed E-state index contributed by atoms with van der Waals surface area (Å²) in [5, 5.41) is 32.3. The molecule has 0 spiro atoms. The lowest BCUT2D eigenvalue weighted by molar-refractivity contribution is -0.125. The van der Waals surface area contributed by atoms with Crippen LogP contribution in [0.4, 0.5) is 4.79 Å². The summed E-state index contributed by atoms with van der Waals surface area (Å²) in [7, 11) is -2.41. The van der Waals surface area contributed by atoms with Crippen molar-refractivity contribution in [3.63, 3.8) is 0 Å². The quantitative estimate of drug-likeness (QED) is 0.0808. The zero-order valence-electron chi connectivity index (χ0n) is 30.0. The summed E-state index contributed by atoms with van der Waals surface area (Å²) in [6.45, 7) is 11.8. The maximum absolute atomic E-state index is 14.0. The van der Waals surface area contributed by atoms with Crippen LogP contribution >= 0.6 is 11.3 Å². The van der Waals surface area contributed by atoms with Gasteiger partial charge in [0.2, 0.25) is 15.9 Å². The van der Waals surface area contributed by atoms with Crippen LogP contribution in [0, 0.1) is 11.8 Å². The van der Waals surface area contributed by atoms with Gasteiger partial charge in [0.1, 0.15) is 6.04 Å². The van der Waals surface area contributed by atoms with Crippen LogP contribution in [0.1, 0.15) is 75.7 Å². The minimum Gasteiger partial charge on any atom is -0.411 e. The number of thiazole rings is 1. The van der Waals surface area contributed by atoms with Crippen LogP contribution in [0.3, 0.4) is 0 Å². The largest absolute Gasteiger partial charge is 0.411 e. The Morgan fingerprint density at radius 3 is 2.22 bits per heavy atom. The molecule has 274 valence electrons. The smallest absolute Gasteiger partial charge is 0.318 e. The molecule has 4 N–H and O–H groups in total. The van der Waals surface area contributed by atoms with E-state index in [4.69, 9.17) is 5.21 Å². The first-order valence-electron chi connectivity index (χ1n) is 16.9. The zero-order chi connectivity index (χ0) is 37.0. The molecule has 0 aliphatic carbocycles. The second kappa shape index (κ2) is 18.9. The van der Waals surface area contributed by atoms with Crippen molar-refractivity contribution in [1.29, 1.82) is 0 Å². The molecule has 0 unspecified atom stereocenters. The van der Waals surface area contributed by atoms with Crippen molar-refractivity contribution in [2.24, 2.45) is 17.0 Å². The minimum atomic E-state index is -4.06. The first kappa shape index (κ1) is 40.6. The molecule has 0 saturated carbocycles. The first-order chi connectivity index (χ1) is 23.7. The Balaban J connectivity index is 1.85. The van der Waals surface area contributed by atoms with Crippen LogP contribution in [-0.2, 0) is 27.8 Å². The van der Waals surface area contributed by atoms with Gasteiger partial charge in [-0.05, 0) is 41.5 Å². The molecule has 0 saturated heterocycles. The molecular formula is C36H52N6O6S2. The fraction of sp³-hybridized carbons (Fsp3) is 0.500. The highest BCUT2D eigenvalue weighted by molar-refractivity contribution is 7.89. The molecule has 0 bridgehead atoms. The predicted molar refractivity (Wildman–Crippen MR) is 197 cm³/mol. The van der Waals surface area contributed by atoms with Crippen molar-refractivity contribution in [2.75, 3.05) is 20.1 Å². The van der Waals surface area contributed by atoms with Gasteiger partial charge in [0, 0.05) is 31.4 Å². The van der Waals surface area contributed by atoms with Gasteiger partial charge in [0.25, 0.3) is 0 Å². The molecular weight excluding hydrogens is 677 g/mol. The summed E-state index contributed by atoms with van der Waals surface area (Å²) in [5.41, 5.74) is 2.12. The number of oxime groups is 1. The van der Waals surface area contributed by atoms with Crippen molar-refractivity contribution < 1.29 is 28.3 Å². The van der Waals surface area contributed by atoms with Gasteiger partial charge in [0.05, 0.1) is 40.5 Å². The summed E-state index contributed by atoms with van der Waals surface area (Å²) < 4.78 is 28.9. The molecule has 4 atom stereocenters. The third-order valence-corrected chi connectivity index (χ3v) is 11.4. The van der Waals surface area contributed by atoms with Gasteiger partial charge < -0.3 is 25.8 Å². The molecule has 2 aromatic carbocycles. The van der Waals surface area contributed by atoms with E-state index in [-0.39, 0.29) is 48.7 Å². The van der Waals surface area contributed by atoms with Gasteiger partial charge in [-0.15, -0.1) is 11.3 Å². The van der Waals surface area contributed by atoms with Crippen LogP contribution in [0.2, 0.25) is 0 Å². The molecule has 0 aliphatic rings. The van der Waals surface area contributed by atoms with Gasteiger partial charge in [-0.25, -0.2) is 18.2 Å². The Morgan fingerprint density at radius 1 is 1.00 bits per heavy atom. The molecule has 3 amide bonds. The monoisotopic (exact) mass is 728 g/mol.